The summed E-state index contributed by atoms with van der Waals surface area (Å²) >= 11 is 0. The molecule has 172 valence electrons. The van der Waals surface area contributed by atoms with Gasteiger partial charge in [0.1, 0.15) is 29.2 Å². The molecule has 0 radical (unpaired) electrons. The minimum atomic E-state index is 0.172. The van der Waals surface area contributed by atoms with E-state index in [1.807, 2.05) is 0 Å². The van der Waals surface area contributed by atoms with Crippen LogP contribution in [0.4, 0.5) is 17.3 Å². The van der Waals surface area contributed by atoms with Crippen molar-refractivity contribution in [3.8, 4) is 5.75 Å². The van der Waals surface area contributed by atoms with Crippen molar-refractivity contribution in [3.63, 3.8) is 0 Å². The minimum absolute atomic E-state index is 0.172. The van der Waals surface area contributed by atoms with Crippen molar-refractivity contribution in [3.05, 3.63) is 36.4 Å². The molecule has 1 aliphatic carbocycles. The molecule has 2 N–H and O–H groups in total. The first-order valence-corrected chi connectivity index (χ1v) is 11.9. The highest BCUT2D eigenvalue weighted by Crippen LogP contribution is 2.34. The van der Waals surface area contributed by atoms with Gasteiger partial charge < -0.3 is 25.0 Å². The molecule has 9 nitrogen and oxygen atoms in total. The van der Waals surface area contributed by atoms with Crippen LogP contribution in [0.2, 0.25) is 0 Å². The summed E-state index contributed by atoms with van der Waals surface area (Å²) in [6, 6.07) is 4.64. The van der Waals surface area contributed by atoms with Crippen molar-refractivity contribution in [1.29, 1.82) is 0 Å². The Labute approximate surface area is 192 Å². The number of nitrogens with zero attached hydrogens (tertiary/aromatic N) is 5. The Balaban J connectivity index is 1.15. The van der Waals surface area contributed by atoms with Gasteiger partial charge >= 0.3 is 0 Å². The number of hydrogen-bond donors (Lipinski definition) is 2. The number of ether oxygens (including phenoxy) is 2. The van der Waals surface area contributed by atoms with Gasteiger partial charge in [-0.1, -0.05) is 0 Å². The van der Waals surface area contributed by atoms with E-state index < -0.39 is 0 Å². The van der Waals surface area contributed by atoms with Crippen LogP contribution in [0.3, 0.4) is 0 Å². The number of nitrogens with one attached hydrogen (secondary N) is 2. The van der Waals surface area contributed by atoms with Crippen molar-refractivity contribution in [1.82, 2.24) is 19.9 Å². The van der Waals surface area contributed by atoms with Crippen LogP contribution in [0.15, 0.2) is 30.9 Å². The molecule has 0 bridgehead atoms. The highest BCUT2D eigenvalue weighted by atomic mass is 16.5. The molecule has 4 heterocycles. The Hall–Kier alpha value is -3.20. The maximum absolute atomic E-state index is 6.55. The molecule has 3 aromatic rings. The van der Waals surface area contributed by atoms with Gasteiger partial charge in [-0.2, -0.15) is 0 Å². The molecule has 0 amide bonds. The Morgan fingerprint density at radius 3 is 2.73 bits per heavy atom. The van der Waals surface area contributed by atoms with E-state index in [-0.39, 0.29) is 6.10 Å². The lowest BCUT2D eigenvalue weighted by Crippen LogP contribution is -2.36. The van der Waals surface area contributed by atoms with E-state index in [4.69, 9.17) is 9.47 Å². The average Bonchev–Trinajstić information content (AvgIpc) is 3.36. The molecule has 1 saturated carbocycles. The smallest absolute Gasteiger partial charge is 0.149 e. The predicted octanol–water partition coefficient (Wildman–Crippen LogP) is 3.03. The summed E-state index contributed by atoms with van der Waals surface area (Å²) in [6.45, 7) is 4.19. The Morgan fingerprint density at radius 2 is 1.85 bits per heavy atom. The zero-order chi connectivity index (χ0) is 22.0. The molecule has 9 heteroatoms. The van der Waals surface area contributed by atoms with Crippen LogP contribution in [0.5, 0.6) is 5.75 Å². The highest BCUT2D eigenvalue weighted by Gasteiger charge is 2.26. The van der Waals surface area contributed by atoms with Crippen LogP contribution in [0.1, 0.15) is 31.2 Å². The molecular formula is C24H29N7O2. The lowest BCUT2D eigenvalue weighted by molar-refractivity contribution is 0.122. The molecule has 33 heavy (non-hydrogen) atoms. The second-order valence-corrected chi connectivity index (χ2v) is 8.93. The molecule has 0 atom stereocenters. The van der Waals surface area contributed by atoms with Gasteiger partial charge in [0.25, 0.3) is 0 Å². The number of hydrogen-bond acceptors (Lipinski definition) is 9. The fraction of sp³-hybridized carbons (Fsp3) is 0.500. The summed E-state index contributed by atoms with van der Waals surface area (Å²) in [5.41, 5.74) is 4.04. The van der Waals surface area contributed by atoms with Crippen LogP contribution < -0.4 is 20.3 Å². The molecule has 2 aliphatic heterocycles. The van der Waals surface area contributed by atoms with E-state index in [9.17, 15) is 0 Å². The van der Waals surface area contributed by atoms with E-state index >= 15 is 0 Å². The van der Waals surface area contributed by atoms with Gasteiger partial charge in [0.05, 0.1) is 24.8 Å². The van der Waals surface area contributed by atoms with E-state index in [1.54, 1.807) is 18.7 Å². The summed E-state index contributed by atoms with van der Waals surface area (Å²) in [4.78, 5) is 20.3. The Bertz CT molecular complexity index is 1130. The third kappa shape index (κ3) is 4.25. The molecule has 0 spiro atoms. The van der Waals surface area contributed by atoms with Gasteiger partial charge in [-0.15, -0.1) is 0 Å². The summed E-state index contributed by atoms with van der Waals surface area (Å²) in [5, 5.41) is 6.98. The highest BCUT2D eigenvalue weighted by molar-refractivity contribution is 5.85. The number of anilines is 3. The van der Waals surface area contributed by atoms with Gasteiger partial charge in [0.2, 0.25) is 0 Å². The van der Waals surface area contributed by atoms with E-state index in [0.29, 0.717) is 6.04 Å². The van der Waals surface area contributed by atoms with Crippen molar-refractivity contribution >= 4 is 28.4 Å². The average molecular weight is 448 g/mol. The maximum Gasteiger partial charge on any atom is 0.149 e. The number of morpholine rings is 1. The number of fused-ring (bicyclic) bond motifs is 2. The Kier molecular flexibility index (Phi) is 5.55. The van der Waals surface area contributed by atoms with Crippen LogP contribution in [0, 0.1) is 0 Å². The molecule has 0 unspecified atom stereocenters. The lowest BCUT2D eigenvalue weighted by Gasteiger charge is -2.31. The van der Waals surface area contributed by atoms with Crippen molar-refractivity contribution in [2.24, 2.45) is 0 Å². The zero-order valence-corrected chi connectivity index (χ0v) is 18.7. The van der Waals surface area contributed by atoms with Gasteiger partial charge in [-0.3, -0.25) is 4.98 Å². The third-order valence-electron chi connectivity index (χ3n) is 6.82. The predicted molar refractivity (Wildman–Crippen MR) is 127 cm³/mol. The van der Waals surface area contributed by atoms with Crippen LogP contribution >= 0.6 is 0 Å². The van der Waals surface area contributed by atoms with Gasteiger partial charge in [-0.05, 0) is 38.2 Å². The van der Waals surface area contributed by atoms with E-state index in [2.05, 4.69) is 47.6 Å². The second-order valence-electron chi connectivity index (χ2n) is 8.93. The molecule has 1 saturated heterocycles. The molecule has 6 rings (SSSR count). The molecule has 2 fully saturated rings. The summed E-state index contributed by atoms with van der Waals surface area (Å²) < 4.78 is 12.1. The quantitative estimate of drug-likeness (QED) is 0.612. The van der Waals surface area contributed by atoms with Gasteiger partial charge in [0, 0.05) is 55.4 Å². The van der Waals surface area contributed by atoms with Crippen molar-refractivity contribution in [2.45, 2.75) is 44.2 Å². The molecule has 1 aromatic carbocycles. The van der Waals surface area contributed by atoms with Crippen LogP contribution in [0.25, 0.3) is 11.0 Å². The standard InChI is InChI=1S/C24H29N7O2/c1-3-18(4-2-16(1)30-24-19-5-6-27-23(19)28-15-29-24)33-21-14-17(31-9-11-32-12-10-31)13-20-22(21)26-8-7-25-20/h7-8,13-16,18H,1-6,9-12H2,(H2,27,28,29,30)/t16-,18+. The largest absolute Gasteiger partial charge is 0.488 e. The Morgan fingerprint density at radius 1 is 1.00 bits per heavy atom. The van der Waals surface area contributed by atoms with E-state index in [1.165, 1.54) is 5.56 Å². The fourth-order valence-electron chi connectivity index (χ4n) is 5.05. The van der Waals surface area contributed by atoms with Gasteiger partial charge in [0.15, 0.2) is 0 Å². The lowest BCUT2D eigenvalue weighted by atomic mass is 9.92. The SMILES string of the molecule is c1nc2c(c(N[C@H]3CC[C@@H](Oc4cc(N5CCOCC5)cc5nccnc45)CC3)n1)CCN2. The first kappa shape index (κ1) is 20.4. The number of benzene rings is 1. The molecule has 2 aromatic heterocycles. The van der Waals surface area contributed by atoms with Crippen LogP contribution in [-0.2, 0) is 11.2 Å². The van der Waals surface area contributed by atoms with Gasteiger partial charge in [-0.25, -0.2) is 15.0 Å². The van der Waals surface area contributed by atoms with Crippen molar-refractivity contribution < 1.29 is 9.47 Å². The number of aromatic nitrogens is 4. The first-order chi connectivity index (χ1) is 16.3. The molecule has 3 aliphatic rings. The first-order valence-electron chi connectivity index (χ1n) is 11.9. The third-order valence-corrected chi connectivity index (χ3v) is 6.82. The summed E-state index contributed by atoms with van der Waals surface area (Å²) in [5.74, 6) is 2.78. The molecular weight excluding hydrogens is 418 g/mol. The normalized spacial score (nSPS) is 22.6. The minimum Gasteiger partial charge on any atom is -0.488 e. The van der Waals surface area contributed by atoms with Crippen LogP contribution in [-0.4, -0.2) is 64.9 Å². The zero-order valence-electron chi connectivity index (χ0n) is 18.7. The fourth-order valence-corrected chi connectivity index (χ4v) is 5.05. The summed E-state index contributed by atoms with van der Waals surface area (Å²) in [7, 11) is 0. The monoisotopic (exact) mass is 447 g/mol. The maximum atomic E-state index is 6.55. The topological polar surface area (TPSA) is 97.3 Å². The summed E-state index contributed by atoms with van der Waals surface area (Å²) in [6.07, 6.45) is 10.3. The van der Waals surface area contributed by atoms with E-state index in [0.717, 1.165) is 99.1 Å². The number of rotatable bonds is 5. The van der Waals surface area contributed by atoms with Crippen molar-refractivity contribution in [2.75, 3.05) is 48.4 Å². The second kappa shape index (κ2) is 8.97.